The van der Waals surface area contributed by atoms with E-state index in [4.69, 9.17) is 16.3 Å². The number of nitrogens with one attached hydrogen (secondary N) is 1. The third-order valence-electron chi connectivity index (χ3n) is 4.47. The molecule has 1 amide bonds. The van der Waals surface area contributed by atoms with Crippen molar-refractivity contribution in [2.45, 2.75) is 5.16 Å². The maximum atomic E-state index is 12.5. The van der Waals surface area contributed by atoms with Crippen LogP contribution in [-0.2, 0) is 4.79 Å². The highest BCUT2D eigenvalue weighted by Crippen LogP contribution is 2.31. The number of anilines is 1. The van der Waals surface area contributed by atoms with Crippen LogP contribution in [-0.4, -0.2) is 33.5 Å². The van der Waals surface area contributed by atoms with Crippen LogP contribution in [0.4, 0.5) is 5.69 Å². The van der Waals surface area contributed by atoms with Crippen LogP contribution in [0.3, 0.4) is 0 Å². The zero-order valence-corrected chi connectivity index (χ0v) is 18.2. The van der Waals surface area contributed by atoms with Gasteiger partial charge in [0.05, 0.1) is 17.9 Å². The number of ether oxygens (including phenoxy) is 1. The van der Waals surface area contributed by atoms with Crippen molar-refractivity contribution in [3.63, 3.8) is 0 Å². The van der Waals surface area contributed by atoms with E-state index >= 15 is 0 Å². The van der Waals surface area contributed by atoms with Crippen molar-refractivity contribution in [2.75, 3.05) is 18.2 Å². The Labute approximate surface area is 189 Å². The first kappa shape index (κ1) is 21.0. The lowest BCUT2D eigenvalue weighted by Crippen LogP contribution is -2.14. The monoisotopic (exact) mass is 450 g/mol. The van der Waals surface area contributed by atoms with Crippen molar-refractivity contribution >= 4 is 35.0 Å². The molecule has 0 saturated carbocycles. The molecule has 6 nitrogen and oxygen atoms in total. The van der Waals surface area contributed by atoms with Crippen LogP contribution in [0, 0.1) is 0 Å². The average molecular weight is 451 g/mol. The Bertz CT molecular complexity index is 1180. The molecular weight excluding hydrogens is 432 g/mol. The normalized spacial score (nSPS) is 10.6. The first-order valence-electron chi connectivity index (χ1n) is 9.48. The quantitative estimate of drug-likeness (QED) is 0.385. The molecule has 0 atom stereocenters. The van der Waals surface area contributed by atoms with Crippen molar-refractivity contribution in [1.29, 1.82) is 0 Å². The van der Waals surface area contributed by atoms with Crippen LogP contribution in [0.15, 0.2) is 84.0 Å². The van der Waals surface area contributed by atoms with Gasteiger partial charge in [-0.05, 0) is 48.5 Å². The van der Waals surface area contributed by atoms with Crippen LogP contribution in [0.2, 0.25) is 5.02 Å². The van der Waals surface area contributed by atoms with E-state index in [-0.39, 0.29) is 11.7 Å². The molecule has 0 aliphatic carbocycles. The van der Waals surface area contributed by atoms with E-state index in [1.165, 1.54) is 11.8 Å². The van der Waals surface area contributed by atoms with Crippen LogP contribution >= 0.6 is 23.4 Å². The lowest BCUT2D eigenvalue weighted by atomic mass is 10.2. The molecule has 3 aromatic carbocycles. The summed E-state index contributed by atoms with van der Waals surface area (Å²) in [4.78, 5) is 12.5. The molecule has 4 aromatic rings. The molecule has 156 valence electrons. The van der Waals surface area contributed by atoms with Crippen LogP contribution in [0.1, 0.15) is 0 Å². The first-order valence-corrected chi connectivity index (χ1v) is 10.8. The molecule has 0 radical (unpaired) electrons. The number of nitrogens with zero attached hydrogens (tertiary/aromatic N) is 3. The molecule has 0 fully saturated rings. The number of carbonyl (C=O) groups excluding carboxylic acids is 1. The summed E-state index contributed by atoms with van der Waals surface area (Å²) < 4.78 is 7.05. The van der Waals surface area contributed by atoms with Gasteiger partial charge in [0.15, 0.2) is 11.0 Å². The fourth-order valence-electron chi connectivity index (χ4n) is 2.99. The van der Waals surface area contributed by atoms with E-state index in [9.17, 15) is 4.79 Å². The Morgan fingerprint density at radius 1 is 1.00 bits per heavy atom. The van der Waals surface area contributed by atoms with Crippen molar-refractivity contribution in [1.82, 2.24) is 14.8 Å². The Morgan fingerprint density at radius 2 is 1.71 bits per heavy atom. The summed E-state index contributed by atoms with van der Waals surface area (Å²) in [5, 5.41) is 12.8. The highest BCUT2D eigenvalue weighted by molar-refractivity contribution is 7.99. The van der Waals surface area contributed by atoms with E-state index in [1.54, 1.807) is 31.4 Å². The summed E-state index contributed by atoms with van der Waals surface area (Å²) in [6.45, 7) is 0. The third kappa shape index (κ3) is 4.90. The van der Waals surface area contributed by atoms with E-state index < -0.39 is 0 Å². The van der Waals surface area contributed by atoms with Crippen LogP contribution < -0.4 is 10.1 Å². The predicted octanol–water partition coefficient (Wildman–Crippen LogP) is 5.33. The number of hydrogen-bond donors (Lipinski definition) is 1. The second-order valence-corrected chi connectivity index (χ2v) is 7.87. The van der Waals surface area contributed by atoms with Crippen LogP contribution in [0.5, 0.6) is 5.75 Å². The lowest BCUT2D eigenvalue weighted by Gasteiger charge is -2.11. The number of aromatic nitrogens is 3. The van der Waals surface area contributed by atoms with Gasteiger partial charge < -0.3 is 10.1 Å². The average Bonchev–Trinajstić information content (AvgIpc) is 3.23. The van der Waals surface area contributed by atoms with Crippen molar-refractivity contribution in [3.05, 3.63) is 83.9 Å². The highest BCUT2D eigenvalue weighted by Gasteiger charge is 2.18. The van der Waals surface area contributed by atoms with Gasteiger partial charge in [0.25, 0.3) is 0 Å². The van der Waals surface area contributed by atoms with E-state index in [0.29, 0.717) is 21.7 Å². The molecular formula is C23H19ClN4O2S. The SMILES string of the molecule is COc1ccc(NC(=O)CSc2nnc(-c3ccccc3Cl)n2-c2ccccc2)cc1. The molecule has 8 heteroatoms. The third-order valence-corrected chi connectivity index (χ3v) is 5.73. The van der Waals surface area contributed by atoms with Gasteiger partial charge in [-0.1, -0.05) is 53.7 Å². The van der Waals surface area contributed by atoms with Gasteiger partial charge in [-0.15, -0.1) is 10.2 Å². The fraction of sp³-hybridized carbons (Fsp3) is 0.0870. The van der Waals surface area contributed by atoms with Gasteiger partial charge in [0.1, 0.15) is 5.75 Å². The number of amides is 1. The topological polar surface area (TPSA) is 69.0 Å². The summed E-state index contributed by atoms with van der Waals surface area (Å²) in [7, 11) is 1.60. The number of para-hydroxylation sites is 1. The molecule has 0 spiro atoms. The van der Waals surface area contributed by atoms with Crippen LogP contribution in [0.25, 0.3) is 17.1 Å². The van der Waals surface area contributed by atoms with Gasteiger partial charge in [0, 0.05) is 16.9 Å². The Balaban J connectivity index is 1.57. The fourth-order valence-corrected chi connectivity index (χ4v) is 3.96. The van der Waals surface area contributed by atoms with Gasteiger partial charge in [-0.25, -0.2) is 0 Å². The summed E-state index contributed by atoms with van der Waals surface area (Å²) in [6, 6.07) is 24.4. The number of rotatable bonds is 7. The van der Waals surface area contributed by atoms with Crippen molar-refractivity contribution < 1.29 is 9.53 Å². The van der Waals surface area contributed by atoms with E-state index in [0.717, 1.165) is 17.0 Å². The molecule has 1 aromatic heterocycles. The second kappa shape index (κ2) is 9.68. The smallest absolute Gasteiger partial charge is 0.234 e. The Kier molecular flexibility index (Phi) is 6.54. The number of halogens is 1. The van der Waals surface area contributed by atoms with E-state index in [1.807, 2.05) is 59.2 Å². The highest BCUT2D eigenvalue weighted by atomic mass is 35.5. The molecule has 0 saturated heterocycles. The summed E-state index contributed by atoms with van der Waals surface area (Å²) in [5.74, 6) is 1.39. The minimum atomic E-state index is -0.142. The Hall–Kier alpha value is -3.29. The predicted molar refractivity (Wildman–Crippen MR) is 124 cm³/mol. The minimum Gasteiger partial charge on any atom is -0.497 e. The van der Waals surface area contributed by atoms with Gasteiger partial charge >= 0.3 is 0 Å². The van der Waals surface area contributed by atoms with Gasteiger partial charge in [-0.2, -0.15) is 0 Å². The maximum Gasteiger partial charge on any atom is 0.234 e. The molecule has 4 rings (SSSR count). The number of thioether (sulfide) groups is 1. The molecule has 0 aliphatic rings. The first-order chi connectivity index (χ1) is 15.2. The largest absolute Gasteiger partial charge is 0.497 e. The molecule has 1 heterocycles. The zero-order chi connectivity index (χ0) is 21.6. The number of benzene rings is 3. The standard InChI is InChI=1S/C23H19ClN4O2S/c1-30-18-13-11-16(12-14-18)25-21(29)15-31-23-27-26-22(19-9-5-6-10-20(19)24)28(23)17-7-3-2-4-8-17/h2-14H,15H2,1H3,(H,25,29). The van der Waals surface area contributed by atoms with Gasteiger partial charge in [-0.3, -0.25) is 9.36 Å². The van der Waals surface area contributed by atoms with Crippen molar-refractivity contribution in [2.24, 2.45) is 0 Å². The minimum absolute atomic E-state index is 0.142. The molecule has 0 unspecified atom stereocenters. The molecule has 0 bridgehead atoms. The van der Waals surface area contributed by atoms with Gasteiger partial charge in [0.2, 0.25) is 5.91 Å². The molecule has 1 N–H and O–H groups in total. The van der Waals surface area contributed by atoms with Crippen molar-refractivity contribution in [3.8, 4) is 22.8 Å². The summed E-state index contributed by atoms with van der Waals surface area (Å²) >= 11 is 7.71. The number of carbonyl (C=O) groups is 1. The molecule has 0 aliphatic heterocycles. The zero-order valence-electron chi connectivity index (χ0n) is 16.7. The maximum absolute atomic E-state index is 12.5. The lowest BCUT2D eigenvalue weighted by molar-refractivity contribution is -0.113. The summed E-state index contributed by atoms with van der Waals surface area (Å²) in [6.07, 6.45) is 0. The Morgan fingerprint density at radius 3 is 2.42 bits per heavy atom. The summed E-state index contributed by atoms with van der Waals surface area (Å²) in [5.41, 5.74) is 2.36. The van der Waals surface area contributed by atoms with E-state index in [2.05, 4.69) is 15.5 Å². The number of methoxy groups -OCH3 is 1. The second-order valence-electron chi connectivity index (χ2n) is 6.52. The number of hydrogen-bond acceptors (Lipinski definition) is 5. The molecule has 31 heavy (non-hydrogen) atoms.